The van der Waals surface area contributed by atoms with Gasteiger partial charge in [-0.2, -0.15) is 0 Å². The molecule has 6 nitrogen and oxygen atoms in total. The van der Waals surface area contributed by atoms with Gasteiger partial charge in [0.25, 0.3) is 5.91 Å². The van der Waals surface area contributed by atoms with Crippen molar-refractivity contribution in [3.63, 3.8) is 0 Å². The Labute approximate surface area is 192 Å². The lowest BCUT2D eigenvalue weighted by molar-refractivity contribution is -0.126. The SMILES string of the molecule is CSc1ccc(-c2ccc3c(c2)C(=O)N2CC[C@H](NC(=O)C4CCCC4)[C@H]2C(=O)N3)cc1. The summed E-state index contributed by atoms with van der Waals surface area (Å²) in [5.74, 6) is -0.342. The lowest BCUT2D eigenvalue weighted by Crippen LogP contribution is -2.52. The molecule has 1 aliphatic carbocycles. The molecule has 2 aromatic carbocycles. The third kappa shape index (κ3) is 3.79. The number of carbonyl (C=O) groups is 3. The van der Waals surface area contributed by atoms with Crippen molar-refractivity contribution in [3.8, 4) is 11.1 Å². The fourth-order valence-corrected chi connectivity index (χ4v) is 5.55. The zero-order valence-corrected chi connectivity index (χ0v) is 18.9. The van der Waals surface area contributed by atoms with Crippen molar-refractivity contribution in [2.45, 2.75) is 49.1 Å². The maximum Gasteiger partial charge on any atom is 0.256 e. The van der Waals surface area contributed by atoms with Gasteiger partial charge in [0.2, 0.25) is 11.8 Å². The molecule has 2 aromatic rings. The summed E-state index contributed by atoms with van der Waals surface area (Å²) < 4.78 is 0. The Hall–Kier alpha value is -2.80. The summed E-state index contributed by atoms with van der Waals surface area (Å²) in [6.45, 7) is 0.457. The standard InChI is InChI=1S/C25H27N3O3S/c1-32-18-9-6-15(7-10-18)17-8-11-20-19(14-17)25(31)28-13-12-21(22(28)24(30)26-20)27-23(29)16-4-2-3-5-16/h6-11,14,16,21-22H,2-5,12-13H2,1H3,(H,26,30)(H,27,29)/t21-,22-/m0/s1. The second-order valence-corrected chi connectivity index (χ2v) is 9.69. The molecule has 0 spiro atoms. The summed E-state index contributed by atoms with van der Waals surface area (Å²) in [6, 6.07) is 12.8. The van der Waals surface area contributed by atoms with E-state index in [4.69, 9.17) is 0 Å². The fourth-order valence-electron chi connectivity index (χ4n) is 5.14. The molecule has 2 aliphatic heterocycles. The first kappa shape index (κ1) is 21.1. The Balaban J connectivity index is 1.40. The first-order valence-electron chi connectivity index (χ1n) is 11.3. The third-order valence-corrected chi connectivity index (χ3v) is 7.66. The number of carbonyl (C=O) groups excluding carboxylic acids is 3. The van der Waals surface area contributed by atoms with Crippen LogP contribution in [0.1, 0.15) is 42.5 Å². The van der Waals surface area contributed by atoms with Crippen LogP contribution >= 0.6 is 11.8 Å². The number of nitrogens with zero attached hydrogens (tertiary/aromatic N) is 1. The molecule has 2 atom stereocenters. The van der Waals surface area contributed by atoms with Crippen LogP contribution in [0, 0.1) is 5.92 Å². The van der Waals surface area contributed by atoms with Crippen molar-refractivity contribution in [2.75, 3.05) is 18.1 Å². The molecule has 2 fully saturated rings. The number of anilines is 1. The van der Waals surface area contributed by atoms with Crippen molar-refractivity contribution in [2.24, 2.45) is 5.92 Å². The van der Waals surface area contributed by atoms with E-state index in [0.717, 1.165) is 36.8 Å². The number of hydrogen-bond donors (Lipinski definition) is 2. The van der Waals surface area contributed by atoms with E-state index in [1.165, 1.54) is 4.90 Å². The third-order valence-electron chi connectivity index (χ3n) is 6.91. The topological polar surface area (TPSA) is 78.5 Å². The van der Waals surface area contributed by atoms with Crippen LogP contribution in [-0.2, 0) is 9.59 Å². The molecule has 1 saturated carbocycles. The molecule has 5 rings (SSSR count). The Morgan fingerprint density at radius 3 is 2.47 bits per heavy atom. The summed E-state index contributed by atoms with van der Waals surface area (Å²) >= 11 is 1.68. The van der Waals surface area contributed by atoms with Gasteiger partial charge < -0.3 is 15.5 Å². The van der Waals surface area contributed by atoms with Crippen LogP contribution in [-0.4, -0.2) is 47.5 Å². The van der Waals surface area contributed by atoms with E-state index in [9.17, 15) is 14.4 Å². The lowest BCUT2D eigenvalue weighted by atomic mass is 10.0. The highest BCUT2D eigenvalue weighted by Gasteiger charge is 2.45. The van der Waals surface area contributed by atoms with E-state index in [1.807, 2.05) is 30.5 Å². The smallest absolute Gasteiger partial charge is 0.256 e. The number of thioether (sulfide) groups is 1. The van der Waals surface area contributed by atoms with Gasteiger partial charge in [0, 0.05) is 17.4 Å². The van der Waals surface area contributed by atoms with Gasteiger partial charge in [-0.05, 0) is 60.9 Å². The number of benzene rings is 2. The van der Waals surface area contributed by atoms with E-state index < -0.39 is 6.04 Å². The van der Waals surface area contributed by atoms with E-state index in [1.54, 1.807) is 22.7 Å². The second-order valence-electron chi connectivity index (χ2n) is 8.81. The minimum atomic E-state index is -0.676. The highest BCUT2D eigenvalue weighted by atomic mass is 32.2. The highest BCUT2D eigenvalue weighted by Crippen LogP contribution is 2.33. The molecule has 32 heavy (non-hydrogen) atoms. The van der Waals surface area contributed by atoms with Gasteiger partial charge >= 0.3 is 0 Å². The maximum atomic E-state index is 13.5. The van der Waals surface area contributed by atoms with E-state index in [0.29, 0.717) is 24.2 Å². The Morgan fingerprint density at radius 1 is 1.03 bits per heavy atom. The molecular weight excluding hydrogens is 422 g/mol. The van der Waals surface area contributed by atoms with Crippen molar-refractivity contribution in [1.29, 1.82) is 0 Å². The molecule has 2 heterocycles. The van der Waals surface area contributed by atoms with Crippen molar-refractivity contribution >= 4 is 35.2 Å². The molecule has 3 aliphatic rings. The molecule has 3 amide bonds. The highest BCUT2D eigenvalue weighted by molar-refractivity contribution is 7.98. The van der Waals surface area contributed by atoms with E-state index in [2.05, 4.69) is 22.8 Å². The van der Waals surface area contributed by atoms with Crippen molar-refractivity contribution in [3.05, 3.63) is 48.0 Å². The van der Waals surface area contributed by atoms with E-state index in [-0.39, 0.29) is 29.7 Å². The Bertz CT molecular complexity index is 1060. The van der Waals surface area contributed by atoms with Crippen molar-refractivity contribution < 1.29 is 14.4 Å². The van der Waals surface area contributed by atoms with Gasteiger partial charge in [-0.15, -0.1) is 11.8 Å². The molecule has 166 valence electrons. The summed E-state index contributed by atoms with van der Waals surface area (Å²) in [6.07, 6.45) is 6.60. The van der Waals surface area contributed by atoms with Crippen molar-refractivity contribution in [1.82, 2.24) is 10.2 Å². The number of amides is 3. The molecule has 0 aromatic heterocycles. The average Bonchev–Trinajstić information content (AvgIpc) is 3.47. The van der Waals surface area contributed by atoms with Gasteiger partial charge in [-0.1, -0.05) is 31.0 Å². The molecular formula is C25H27N3O3S. The quantitative estimate of drug-likeness (QED) is 0.694. The lowest BCUT2D eigenvalue weighted by Gasteiger charge is -2.25. The van der Waals surface area contributed by atoms with Crippen LogP contribution in [0.5, 0.6) is 0 Å². The predicted octanol–water partition coefficient (Wildman–Crippen LogP) is 3.92. The molecule has 0 radical (unpaired) electrons. The fraction of sp³-hybridized carbons (Fsp3) is 0.400. The summed E-state index contributed by atoms with van der Waals surface area (Å²) in [5, 5.41) is 6.02. The van der Waals surface area contributed by atoms with Crippen LogP contribution in [0.3, 0.4) is 0 Å². The van der Waals surface area contributed by atoms with Crippen LogP contribution in [0.2, 0.25) is 0 Å². The molecule has 7 heteroatoms. The minimum absolute atomic E-state index is 0.0207. The minimum Gasteiger partial charge on any atom is -0.350 e. The predicted molar refractivity (Wildman–Crippen MR) is 126 cm³/mol. The summed E-state index contributed by atoms with van der Waals surface area (Å²) in [7, 11) is 0. The number of rotatable bonds is 4. The molecule has 0 bridgehead atoms. The van der Waals surface area contributed by atoms with Gasteiger partial charge in [0.15, 0.2) is 0 Å². The van der Waals surface area contributed by atoms with Gasteiger partial charge in [0.1, 0.15) is 6.04 Å². The van der Waals surface area contributed by atoms with Gasteiger partial charge in [0.05, 0.1) is 17.3 Å². The zero-order valence-electron chi connectivity index (χ0n) is 18.1. The summed E-state index contributed by atoms with van der Waals surface area (Å²) in [4.78, 5) is 42.0. The Kier molecular flexibility index (Phi) is 5.67. The normalized spacial score (nSPS) is 22.8. The van der Waals surface area contributed by atoms with Gasteiger partial charge in [-0.25, -0.2) is 0 Å². The first-order chi connectivity index (χ1) is 15.5. The monoisotopic (exact) mass is 449 g/mol. The average molecular weight is 450 g/mol. The van der Waals surface area contributed by atoms with Crippen LogP contribution in [0.4, 0.5) is 5.69 Å². The summed E-state index contributed by atoms with van der Waals surface area (Å²) in [5.41, 5.74) is 2.98. The van der Waals surface area contributed by atoms with Gasteiger partial charge in [-0.3, -0.25) is 14.4 Å². The number of hydrogen-bond acceptors (Lipinski definition) is 4. The molecule has 0 unspecified atom stereocenters. The maximum absolute atomic E-state index is 13.5. The Morgan fingerprint density at radius 2 is 1.75 bits per heavy atom. The van der Waals surface area contributed by atoms with Crippen LogP contribution < -0.4 is 10.6 Å². The molecule has 1 saturated heterocycles. The van der Waals surface area contributed by atoms with Crippen LogP contribution in [0.25, 0.3) is 11.1 Å². The number of nitrogens with one attached hydrogen (secondary N) is 2. The first-order valence-corrected chi connectivity index (χ1v) is 12.5. The van der Waals surface area contributed by atoms with Crippen LogP contribution in [0.15, 0.2) is 47.4 Å². The second kappa shape index (κ2) is 8.62. The zero-order chi connectivity index (χ0) is 22.2. The largest absolute Gasteiger partial charge is 0.350 e. The van der Waals surface area contributed by atoms with E-state index >= 15 is 0 Å². The molecule has 2 N–H and O–H groups in total. The number of fused-ring (bicyclic) bond motifs is 2.